The Morgan fingerprint density at radius 2 is 2.10 bits per heavy atom. The molecule has 0 bridgehead atoms. The number of carbonyl (C=O) groups is 1. The van der Waals surface area contributed by atoms with E-state index < -0.39 is 5.91 Å². The van der Waals surface area contributed by atoms with Crippen molar-refractivity contribution in [3.63, 3.8) is 0 Å². The third-order valence-corrected chi connectivity index (χ3v) is 3.28. The van der Waals surface area contributed by atoms with Gasteiger partial charge in [0.15, 0.2) is 3.77 Å². The van der Waals surface area contributed by atoms with Gasteiger partial charge in [-0.3, -0.25) is 4.79 Å². The molecule has 0 spiro atoms. The smallest absolute Gasteiger partial charge is 0.266 e. The van der Waals surface area contributed by atoms with Crippen molar-refractivity contribution in [1.29, 1.82) is 5.26 Å². The van der Waals surface area contributed by atoms with Crippen LogP contribution in [0.5, 0.6) is 0 Å². The number of hydrogen-bond acceptors (Lipinski definition) is 3. The summed E-state index contributed by atoms with van der Waals surface area (Å²) in [4.78, 5) is 12.0. The average Bonchev–Trinajstić information content (AvgIpc) is 2.84. The molecule has 1 amide bonds. The molecule has 6 heteroatoms. The van der Waals surface area contributed by atoms with Crippen molar-refractivity contribution in [2.24, 2.45) is 0 Å². The first kappa shape index (κ1) is 14.6. The van der Waals surface area contributed by atoms with Crippen LogP contribution in [0.15, 0.2) is 46.4 Å². The molecular formula is C14H8ClIN2O2. The maximum atomic E-state index is 12.0. The molecule has 0 atom stereocenters. The standard InChI is InChI=1S/C14H8ClIN2O2/c15-11-3-1-2-4-12(11)18-14(19)9(8-17)7-10-5-6-13(16)20-10/h1-7H,(H,18,19)/b9-7+. The number of nitriles is 1. The average molecular weight is 399 g/mol. The topological polar surface area (TPSA) is 66.0 Å². The molecule has 20 heavy (non-hydrogen) atoms. The third-order valence-electron chi connectivity index (χ3n) is 2.37. The summed E-state index contributed by atoms with van der Waals surface area (Å²) in [6, 6.07) is 12.1. The molecule has 2 rings (SSSR count). The fourth-order valence-corrected chi connectivity index (χ4v) is 2.07. The molecule has 0 unspecified atom stereocenters. The van der Waals surface area contributed by atoms with Crippen molar-refractivity contribution >= 4 is 51.9 Å². The van der Waals surface area contributed by atoms with Gasteiger partial charge < -0.3 is 9.73 Å². The molecule has 4 nitrogen and oxygen atoms in total. The van der Waals surface area contributed by atoms with Gasteiger partial charge in [-0.05, 0) is 46.9 Å². The zero-order valence-corrected chi connectivity index (χ0v) is 13.0. The van der Waals surface area contributed by atoms with Gasteiger partial charge in [0, 0.05) is 6.08 Å². The summed E-state index contributed by atoms with van der Waals surface area (Å²) in [5, 5.41) is 12.0. The SMILES string of the molecule is N#C/C(=C\c1ccc(I)o1)C(=O)Nc1ccccc1Cl. The number of amides is 1. The van der Waals surface area contributed by atoms with Crippen LogP contribution in [-0.2, 0) is 4.79 Å². The maximum Gasteiger partial charge on any atom is 0.266 e. The number of halogens is 2. The van der Waals surface area contributed by atoms with Crippen LogP contribution in [0, 0.1) is 15.1 Å². The summed E-state index contributed by atoms with van der Waals surface area (Å²) in [6.07, 6.45) is 1.38. The molecule has 1 heterocycles. The van der Waals surface area contributed by atoms with E-state index in [0.29, 0.717) is 20.2 Å². The highest BCUT2D eigenvalue weighted by Gasteiger charge is 2.12. The number of anilines is 1. The summed E-state index contributed by atoms with van der Waals surface area (Å²) in [5.74, 6) is -0.0905. The summed E-state index contributed by atoms with van der Waals surface area (Å²) >= 11 is 7.95. The largest absolute Gasteiger partial charge is 0.451 e. The Morgan fingerprint density at radius 3 is 2.70 bits per heavy atom. The molecule has 100 valence electrons. The van der Waals surface area contributed by atoms with E-state index in [-0.39, 0.29) is 5.57 Å². The molecule has 0 aliphatic heterocycles. The molecule has 0 radical (unpaired) electrons. The zero-order valence-electron chi connectivity index (χ0n) is 10.1. The van der Waals surface area contributed by atoms with Gasteiger partial charge in [0.2, 0.25) is 0 Å². The predicted molar refractivity (Wildman–Crippen MR) is 85.1 cm³/mol. The monoisotopic (exact) mass is 398 g/mol. The normalized spacial score (nSPS) is 10.9. The highest BCUT2D eigenvalue weighted by atomic mass is 127. The molecule has 1 N–H and O–H groups in total. The first-order chi connectivity index (χ1) is 9.60. The van der Waals surface area contributed by atoms with E-state index in [1.54, 1.807) is 36.4 Å². The molecule has 1 aromatic carbocycles. The van der Waals surface area contributed by atoms with E-state index in [1.165, 1.54) is 6.08 Å². The second-order valence-corrected chi connectivity index (χ2v) is 5.22. The Morgan fingerprint density at radius 1 is 1.35 bits per heavy atom. The predicted octanol–water partition coefficient (Wildman–Crippen LogP) is 4.08. The lowest BCUT2D eigenvalue weighted by molar-refractivity contribution is -0.112. The Balaban J connectivity index is 2.21. The second kappa shape index (κ2) is 6.59. The number of carbonyl (C=O) groups excluding carboxylic acids is 1. The lowest BCUT2D eigenvalue weighted by atomic mass is 10.2. The van der Waals surface area contributed by atoms with Gasteiger partial charge >= 0.3 is 0 Å². The van der Waals surface area contributed by atoms with E-state index in [2.05, 4.69) is 5.32 Å². The van der Waals surface area contributed by atoms with Crippen LogP contribution in [0.3, 0.4) is 0 Å². The van der Waals surface area contributed by atoms with Gasteiger partial charge in [0.25, 0.3) is 5.91 Å². The van der Waals surface area contributed by atoms with Crippen LogP contribution in [0.4, 0.5) is 5.69 Å². The van der Waals surface area contributed by atoms with E-state index in [4.69, 9.17) is 21.3 Å². The van der Waals surface area contributed by atoms with E-state index in [1.807, 2.05) is 28.7 Å². The van der Waals surface area contributed by atoms with Crippen LogP contribution < -0.4 is 5.32 Å². The number of benzene rings is 1. The quantitative estimate of drug-likeness (QED) is 0.481. The van der Waals surface area contributed by atoms with E-state index >= 15 is 0 Å². The molecule has 0 aliphatic carbocycles. The van der Waals surface area contributed by atoms with Crippen LogP contribution in [-0.4, -0.2) is 5.91 Å². The molecule has 0 aliphatic rings. The van der Waals surface area contributed by atoms with Crippen molar-refractivity contribution in [2.45, 2.75) is 0 Å². The lowest BCUT2D eigenvalue weighted by Gasteiger charge is -2.05. The fourth-order valence-electron chi connectivity index (χ4n) is 1.45. The Hall–Kier alpha value is -1.78. The first-order valence-electron chi connectivity index (χ1n) is 5.53. The molecule has 2 aromatic rings. The number of nitrogens with one attached hydrogen (secondary N) is 1. The number of rotatable bonds is 3. The minimum atomic E-state index is -0.535. The van der Waals surface area contributed by atoms with Crippen molar-refractivity contribution in [3.05, 3.63) is 56.5 Å². The number of nitrogens with zero attached hydrogens (tertiary/aromatic N) is 1. The second-order valence-electron chi connectivity index (χ2n) is 3.75. The third kappa shape index (κ3) is 3.62. The lowest BCUT2D eigenvalue weighted by Crippen LogP contribution is -2.13. The summed E-state index contributed by atoms with van der Waals surface area (Å²) in [6.45, 7) is 0. The summed E-state index contributed by atoms with van der Waals surface area (Å²) in [7, 11) is 0. The molecule has 1 aromatic heterocycles. The van der Waals surface area contributed by atoms with Gasteiger partial charge in [-0.25, -0.2) is 0 Å². The highest BCUT2D eigenvalue weighted by molar-refractivity contribution is 14.1. The maximum absolute atomic E-state index is 12.0. The molecular weight excluding hydrogens is 391 g/mol. The van der Waals surface area contributed by atoms with Crippen molar-refractivity contribution in [2.75, 3.05) is 5.32 Å². The minimum Gasteiger partial charge on any atom is -0.451 e. The van der Waals surface area contributed by atoms with Gasteiger partial charge in [0.1, 0.15) is 17.4 Å². The van der Waals surface area contributed by atoms with Crippen molar-refractivity contribution in [1.82, 2.24) is 0 Å². The van der Waals surface area contributed by atoms with Gasteiger partial charge in [-0.1, -0.05) is 23.7 Å². The van der Waals surface area contributed by atoms with Crippen molar-refractivity contribution in [3.8, 4) is 6.07 Å². The summed E-state index contributed by atoms with van der Waals surface area (Å²) < 4.78 is 5.97. The van der Waals surface area contributed by atoms with Crippen LogP contribution >= 0.6 is 34.2 Å². The number of para-hydroxylation sites is 1. The van der Waals surface area contributed by atoms with Crippen molar-refractivity contribution < 1.29 is 9.21 Å². The Bertz CT molecular complexity index is 716. The number of furan rings is 1. The van der Waals surface area contributed by atoms with Gasteiger partial charge in [-0.2, -0.15) is 5.26 Å². The van der Waals surface area contributed by atoms with E-state index in [0.717, 1.165) is 0 Å². The Kier molecular flexibility index (Phi) is 4.82. The number of hydrogen-bond donors (Lipinski definition) is 1. The molecule has 0 fully saturated rings. The van der Waals surface area contributed by atoms with Crippen LogP contribution in [0.1, 0.15) is 5.76 Å². The minimum absolute atomic E-state index is 0.0596. The Labute approximate surface area is 134 Å². The first-order valence-corrected chi connectivity index (χ1v) is 6.99. The fraction of sp³-hybridized carbons (Fsp3) is 0. The van der Waals surface area contributed by atoms with Gasteiger partial charge in [-0.15, -0.1) is 0 Å². The molecule has 0 saturated heterocycles. The van der Waals surface area contributed by atoms with Crippen LogP contribution in [0.2, 0.25) is 5.02 Å². The summed E-state index contributed by atoms with van der Waals surface area (Å²) in [5.41, 5.74) is 0.394. The van der Waals surface area contributed by atoms with Gasteiger partial charge in [0.05, 0.1) is 10.7 Å². The molecule has 0 saturated carbocycles. The van der Waals surface area contributed by atoms with Crippen LogP contribution in [0.25, 0.3) is 6.08 Å². The zero-order chi connectivity index (χ0) is 14.5. The van der Waals surface area contributed by atoms with E-state index in [9.17, 15) is 4.79 Å². The highest BCUT2D eigenvalue weighted by Crippen LogP contribution is 2.21.